The second kappa shape index (κ2) is 9.80. The van der Waals surface area contributed by atoms with Gasteiger partial charge in [-0.3, -0.25) is 14.7 Å². The third-order valence-corrected chi connectivity index (χ3v) is 4.60. The monoisotopic (exact) mass is 383 g/mol. The van der Waals surface area contributed by atoms with Crippen LogP contribution in [0, 0.1) is 0 Å². The van der Waals surface area contributed by atoms with Gasteiger partial charge in [-0.15, -0.1) is 0 Å². The third kappa shape index (κ3) is 5.26. The van der Waals surface area contributed by atoms with Gasteiger partial charge in [0.1, 0.15) is 5.76 Å². The third-order valence-electron chi connectivity index (χ3n) is 4.60. The van der Waals surface area contributed by atoms with E-state index in [9.17, 15) is 4.79 Å². The van der Waals surface area contributed by atoms with Crippen molar-refractivity contribution in [1.29, 1.82) is 0 Å². The smallest absolute Gasteiger partial charge is 0.316 e. The Morgan fingerprint density at radius 3 is 2.93 bits per heavy atom. The van der Waals surface area contributed by atoms with Gasteiger partial charge in [-0.1, -0.05) is 12.1 Å². The zero-order valence-corrected chi connectivity index (χ0v) is 16.2. The molecule has 1 unspecified atom stereocenters. The summed E-state index contributed by atoms with van der Waals surface area (Å²) in [5.74, 6) is 0.870. The zero-order chi connectivity index (χ0) is 19.8. The van der Waals surface area contributed by atoms with Crippen LogP contribution < -0.4 is 5.32 Å². The van der Waals surface area contributed by atoms with Gasteiger partial charge in [-0.25, -0.2) is 0 Å². The fraction of sp³-hybridized carbons (Fsp3) is 0.400. The van der Waals surface area contributed by atoms with Crippen molar-refractivity contribution >= 4 is 5.91 Å². The molecule has 1 atom stereocenters. The summed E-state index contributed by atoms with van der Waals surface area (Å²) in [7, 11) is 0. The van der Waals surface area contributed by atoms with Gasteiger partial charge in [-0.2, -0.15) is 4.98 Å². The number of furan rings is 1. The molecule has 1 N–H and O–H groups in total. The lowest BCUT2D eigenvalue weighted by molar-refractivity contribution is 0.0906. The average molecular weight is 383 g/mol. The van der Waals surface area contributed by atoms with Crippen molar-refractivity contribution in [3.63, 3.8) is 0 Å². The molecule has 3 aromatic heterocycles. The first-order valence-electron chi connectivity index (χ1n) is 9.46. The largest absolute Gasteiger partial charge is 0.468 e. The lowest BCUT2D eigenvalue weighted by atomic mass is 10.2. The first-order valence-corrected chi connectivity index (χ1v) is 9.46. The molecule has 3 aromatic rings. The highest BCUT2D eigenvalue weighted by Crippen LogP contribution is 2.14. The van der Waals surface area contributed by atoms with E-state index in [0.29, 0.717) is 24.0 Å². The summed E-state index contributed by atoms with van der Waals surface area (Å²) in [6.07, 6.45) is 6.82. The molecule has 0 fully saturated rings. The minimum atomic E-state index is -0.372. The van der Waals surface area contributed by atoms with Gasteiger partial charge in [0.2, 0.25) is 5.82 Å². The molecule has 3 rings (SSSR count). The number of rotatable bonds is 10. The highest BCUT2D eigenvalue weighted by atomic mass is 16.5. The van der Waals surface area contributed by atoms with Gasteiger partial charge in [0, 0.05) is 37.1 Å². The van der Waals surface area contributed by atoms with Gasteiger partial charge in [-0.05, 0) is 44.0 Å². The Morgan fingerprint density at radius 1 is 1.32 bits per heavy atom. The van der Waals surface area contributed by atoms with E-state index in [1.165, 1.54) is 0 Å². The van der Waals surface area contributed by atoms with Gasteiger partial charge in [0.25, 0.3) is 0 Å². The van der Waals surface area contributed by atoms with E-state index >= 15 is 0 Å². The molecule has 0 saturated heterocycles. The molecule has 8 heteroatoms. The molecule has 8 nitrogen and oxygen atoms in total. The summed E-state index contributed by atoms with van der Waals surface area (Å²) in [4.78, 5) is 22.7. The number of carbonyl (C=O) groups is 1. The molecule has 3 heterocycles. The number of nitrogens with one attached hydrogen (secondary N) is 1. The Bertz CT molecular complexity index is 848. The van der Waals surface area contributed by atoms with Crippen LogP contribution in [0.25, 0.3) is 11.4 Å². The number of carbonyl (C=O) groups excluding carboxylic acids is 1. The maximum Gasteiger partial charge on any atom is 0.316 e. The quantitative estimate of drug-likeness (QED) is 0.537. The van der Waals surface area contributed by atoms with E-state index in [0.717, 1.165) is 31.7 Å². The number of aromatic nitrogens is 3. The predicted molar refractivity (Wildman–Crippen MR) is 103 cm³/mol. The second-order valence-electron chi connectivity index (χ2n) is 6.58. The molecule has 148 valence electrons. The maximum absolute atomic E-state index is 12.2. The van der Waals surface area contributed by atoms with Crippen LogP contribution in [0.4, 0.5) is 0 Å². The highest BCUT2D eigenvalue weighted by molar-refractivity contribution is 5.89. The molecule has 0 spiro atoms. The standard InChI is InChI=1S/C20H25N5O3/c1-3-15(2)25(14-17-8-5-12-27-17)11-6-10-22-19(26)20-23-18(24-28-20)16-7-4-9-21-13-16/h4-5,7-9,12-13,15H,3,6,10-11,14H2,1-2H3,(H,22,26). The lowest BCUT2D eigenvalue weighted by Crippen LogP contribution is -2.35. The van der Waals surface area contributed by atoms with Crippen molar-refractivity contribution in [2.75, 3.05) is 13.1 Å². The van der Waals surface area contributed by atoms with E-state index in [1.807, 2.05) is 18.2 Å². The number of nitrogens with zero attached hydrogens (tertiary/aromatic N) is 4. The molecule has 1 amide bonds. The molecular formula is C20H25N5O3. The van der Waals surface area contributed by atoms with Crippen LogP contribution in [0.5, 0.6) is 0 Å². The Hall–Kier alpha value is -3.00. The molecule has 0 radical (unpaired) electrons. The fourth-order valence-corrected chi connectivity index (χ4v) is 2.80. The van der Waals surface area contributed by atoms with Crippen LogP contribution in [0.2, 0.25) is 0 Å². The van der Waals surface area contributed by atoms with Crippen molar-refractivity contribution < 1.29 is 13.7 Å². The van der Waals surface area contributed by atoms with Crippen molar-refractivity contribution in [2.45, 2.75) is 39.3 Å². The van der Waals surface area contributed by atoms with Gasteiger partial charge in [0.15, 0.2) is 0 Å². The lowest BCUT2D eigenvalue weighted by Gasteiger charge is -2.27. The SMILES string of the molecule is CCC(C)N(CCCNC(=O)c1nc(-c2cccnc2)no1)Cc1ccco1. The predicted octanol–water partition coefficient (Wildman–Crippen LogP) is 3.15. The fourth-order valence-electron chi connectivity index (χ4n) is 2.80. The zero-order valence-electron chi connectivity index (χ0n) is 16.2. The number of amides is 1. The number of hydrogen-bond donors (Lipinski definition) is 1. The topological polar surface area (TPSA) is 97.3 Å². The summed E-state index contributed by atoms with van der Waals surface area (Å²) in [5, 5.41) is 6.67. The summed E-state index contributed by atoms with van der Waals surface area (Å²) in [6.45, 7) is 6.49. The first-order chi connectivity index (χ1) is 13.7. The van der Waals surface area contributed by atoms with Gasteiger partial charge in [0.05, 0.1) is 12.8 Å². The molecule has 0 aliphatic heterocycles. The van der Waals surface area contributed by atoms with Crippen LogP contribution in [-0.4, -0.2) is 45.1 Å². The summed E-state index contributed by atoms with van der Waals surface area (Å²) < 4.78 is 10.5. The minimum absolute atomic E-state index is 0.0479. The van der Waals surface area contributed by atoms with Gasteiger partial charge >= 0.3 is 11.8 Å². The molecule has 0 aliphatic carbocycles. The van der Waals surface area contributed by atoms with E-state index < -0.39 is 0 Å². The molecule has 28 heavy (non-hydrogen) atoms. The van der Waals surface area contributed by atoms with Crippen LogP contribution >= 0.6 is 0 Å². The molecule has 0 saturated carbocycles. The van der Waals surface area contributed by atoms with Gasteiger partial charge < -0.3 is 14.3 Å². The van der Waals surface area contributed by atoms with Crippen molar-refractivity contribution in [1.82, 2.24) is 25.3 Å². The van der Waals surface area contributed by atoms with Crippen molar-refractivity contribution in [3.05, 3.63) is 54.6 Å². The normalized spacial score (nSPS) is 12.2. The summed E-state index contributed by atoms with van der Waals surface area (Å²) in [5.41, 5.74) is 0.701. The molecule has 0 aromatic carbocycles. The number of pyridine rings is 1. The van der Waals surface area contributed by atoms with Crippen LogP contribution in [-0.2, 0) is 6.54 Å². The Balaban J connectivity index is 1.47. The van der Waals surface area contributed by atoms with Crippen molar-refractivity contribution in [2.24, 2.45) is 0 Å². The summed E-state index contributed by atoms with van der Waals surface area (Å²) in [6, 6.07) is 7.89. The van der Waals surface area contributed by atoms with Crippen molar-refractivity contribution in [3.8, 4) is 11.4 Å². The summed E-state index contributed by atoms with van der Waals surface area (Å²) >= 11 is 0. The van der Waals surface area contributed by atoms with Crippen LogP contribution in [0.3, 0.4) is 0 Å². The first kappa shape index (κ1) is 19.8. The van der Waals surface area contributed by atoms with Crippen LogP contribution in [0.1, 0.15) is 43.1 Å². The van der Waals surface area contributed by atoms with E-state index in [2.05, 4.69) is 39.2 Å². The number of hydrogen-bond acceptors (Lipinski definition) is 7. The highest BCUT2D eigenvalue weighted by Gasteiger charge is 2.17. The average Bonchev–Trinajstić information content (AvgIpc) is 3.42. The Morgan fingerprint density at radius 2 is 2.21 bits per heavy atom. The van der Waals surface area contributed by atoms with E-state index in [-0.39, 0.29) is 11.8 Å². The molecule has 0 aliphatic rings. The Labute approximate surface area is 164 Å². The molecular weight excluding hydrogens is 358 g/mol. The Kier molecular flexibility index (Phi) is 6.91. The second-order valence-corrected chi connectivity index (χ2v) is 6.58. The minimum Gasteiger partial charge on any atom is -0.468 e. The van der Waals surface area contributed by atoms with E-state index in [1.54, 1.807) is 24.7 Å². The van der Waals surface area contributed by atoms with Crippen LogP contribution in [0.15, 0.2) is 51.9 Å². The molecule has 0 bridgehead atoms. The maximum atomic E-state index is 12.2. The van der Waals surface area contributed by atoms with E-state index in [4.69, 9.17) is 8.94 Å².